The first-order valence-electron chi connectivity index (χ1n) is 8.54. The molecule has 2 unspecified atom stereocenters. The summed E-state index contributed by atoms with van der Waals surface area (Å²) in [5.41, 5.74) is 0.644. The topological polar surface area (TPSA) is 72.9 Å². The molecule has 2 aliphatic heterocycles. The molecule has 1 aromatic heterocycles. The molecule has 1 aromatic rings. The van der Waals surface area contributed by atoms with E-state index in [1.807, 2.05) is 0 Å². The van der Waals surface area contributed by atoms with Gasteiger partial charge in [0, 0.05) is 32.4 Å². The molecular weight excluding hydrogens is 310 g/mol. The molecule has 0 aliphatic carbocycles. The largest absolute Gasteiger partial charge is 0.481 e. The molecule has 3 heterocycles. The van der Waals surface area contributed by atoms with Crippen LogP contribution in [0.3, 0.4) is 0 Å². The third-order valence-electron chi connectivity index (χ3n) is 4.38. The number of pyridine rings is 1. The van der Waals surface area contributed by atoms with Crippen LogP contribution in [0.5, 0.6) is 5.88 Å². The number of carbonyl (C=O) groups is 1. The number of methoxy groups -OCH3 is 1. The number of hydrogen-bond donors (Lipinski definition) is 1. The SMILES string of the molecule is COc1ccc(NC(=O)N(CC2CCCO2)CC2CCCO2)cn1. The predicted octanol–water partition coefficient (Wildman–Crippen LogP) is 2.28. The van der Waals surface area contributed by atoms with Crippen LogP contribution in [0, 0.1) is 0 Å². The number of anilines is 1. The lowest BCUT2D eigenvalue weighted by molar-refractivity contribution is 0.0524. The van der Waals surface area contributed by atoms with Gasteiger partial charge < -0.3 is 24.4 Å². The van der Waals surface area contributed by atoms with Gasteiger partial charge in [-0.15, -0.1) is 0 Å². The molecule has 0 aromatic carbocycles. The van der Waals surface area contributed by atoms with E-state index < -0.39 is 0 Å². The first kappa shape index (κ1) is 17.0. The number of amides is 2. The number of carbonyl (C=O) groups excluding carboxylic acids is 1. The van der Waals surface area contributed by atoms with Gasteiger partial charge in [0.25, 0.3) is 0 Å². The molecule has 7 nitrogen and oxygen atoms in total. The second-order valence-electron chi connectivity index (χ2n) is 6.19. The lowest BCUT2D eigenvalue weighted by Crippen LogP contribution is -2.44. The highest BCUT2D eigenvalue weighted by atomic mass is 16.5. The van der Waals surface area contributed by atoms with Gasteiger partial charge in [0.15, 0.2) is 0 Å². The fraction of sp³-hybridized carbons (Fsp3) is 0.647. The van der Waals surface area contributed by atoms with Crippen LogP contribution in [-0.2, 0) is 9.47 Å². The van der Waals surface area contributed by atoms with Gasteiger partial charge >= 0.3 is 6.03 Å². The van der Waals surface area contributed by atoms with Crippen LogP contribution in [0.15, 0.2) is 18.3 Å². The van der Waals surface area contributed by atoms with Gasteiger partial charge in [-0.1, -0.05) is 0 Å². The Kier molecular flexibility index (Phi) is 5.87. The number of nitrogens with one attached hydrogen (secondary N) is 1. The van der Waals surface area contributed by atoms with Crippen molar-refractivity contribution in [2.24, 2.45) is 0 Å². The standard InChI is InChI=1S/C17H25N3O4/c1-22-16-7-6-13(10-18-16)19-17(21)20(11-14-4-2-8-23-14)12-15-5-3-9-24-15/h6-7,10,14-15H,2-5,8-9,11-12H2,1H3,(H,19,21). The van der Waals surface area contributed by atoms with Crippen molar-refractivity contribution in [3.8, 4) is 5.88 Å². The van der Waals surface area contributed by atoms with E-state index in [0.29, 0.717) is 24.7 Å². The minimum Gasteiger partial charge on any atom is -0.481 e. The molecule has 2 amide bonds. The quantitative estimate of drug-likeness (QED) is 0.863. The molecule has 2 atom stereocenters. The average Bonchev–Trinajstić information content (AvgIpc) is 3.29. The predicted molar refractivity (Wildman–Crippen MR) is 89.3 cm³/mol. The van der Waals surface area contributed by atoms with Crippen molar-refractivity contribution < 1.29 is 19.0 Å². The van der Waals surface area contributed by atoms with E-state index >= 15 is 0 Å². The molecule has 2 aliphatic rings. The van der Waals surface area contributed by atoms with Gasteiger partial charge in [-0.25, -0.2) is 9.78 Å². The average molecular weight is 335 g/mol. The summed E-state index contributed by atoms with van der Waals surface area (Å²) in [4.78, 5) is 18.6. The van der Waals surface area contributed by atoms with E-state index in [-0.39, 0.29) is 18.2 Å². The summed E-state index contributed by atoms with van der Waals surface area (Å²) in [7, 11) is 1.56. The van der Waals surface area contributed by atoms with Crippen molar-refractivity contribution in [3.05, 3.63) is 18.3 Å². The Bertz CT molecular complexity index is 507. The molecule has 0 spiro atoms. The van der Waals surface area contributed by atoms with Crippen molar-refractivity contribution in [2.75, 3.05) is 38.7 Å². The Morgan fingerprint density at radius 2 is 1.92 bits per heavy atom. The molecule has 2 saturated heterocycles. The normalized spacial score (nSPS) is 23.2. The van der Waals surface area contributed by atoms with Crippen LogP contribution < -0.4 is 10.1 Å². The van der Waals surface area contributed by atoms with Gasteiger partial charge in [0.2, 0.25) is 5.88 Å². The van der Waals surface area contributed by atoms with E-state index in [9.17, 15) is 4.79 Å². The van der Waals surface area contributed by atoms with Crippen LogP contribution in [0.25, 0.3) is 0 Å². The molecular formula is C17H25N3O4. The highest BCUT2D eigenvalue weighted by Gasteiger charge is 2.27. The molecule has 1 N–H and O–H groups in total. The van der Waals surface area contributed by atoms with Crippen LogP contribution in [0.1, 0.15) is 25.7 Å². The number of hydrogen-bond acceptors (Lipinski definition) is 5. The zero-order valence-electron chi connectivity index (χ0n) is 14.1. The molecule has 0 bridgehead atoms. The summed E-state index contributed by atoms with van der Waals surface area (Å²) in [6.07, 6.45) is 5.94. The first-order chi connectivity index (χ1) is 11.7. The fourth-order valence-corrected chi connectivity index (χ4v) is 3.09. The van der Waals surface area contributed by atoms with Crippen molar-refractivity contribution in [3.63, 3.8) is 0 Å². The monoisotopic (exact) mass is 335 g/mol. The number of aromatic nitrogens is 1. The minimum absolute atomic E-state index is 0.117. The number of rotatable bonds is 6. The zero-order valence-corrected chi connectivity index (χ0v) is 14.1. The third kappa shape index (κ3) is 4.58. The van der Waals surface area contributed by atoms with Crippen molar-refractivity contribution in [1.82, 2.24) is 9.88 Å². The maximum atomic E-state index is 12.7. The summed E-state index contributed by atoms with van der Waals surface area (Å²) in [6, 6.07) is 3.35. The van der Waals surface area contributed by atoms with E-state index in [1.165, 1.54) is 0 Å². The maximum absolute atomic E-state index is 12.7. The highest BCUT2D eigenvalue weighted by Crippen LogP contribution is 2.18. The number of urea groups is 1. The van der Waals surface area contributed by atoms with E-state index in [1.54, 1.807) is 30.3 Å². The second kappa shape index (κ2) is 8.30. The Labute approximate surface area is 142 Å². The second-order valence-corrected chi connectivity index (χ2v) is 6.19. The van der Waals surface area contributed by atoms with Gasteiger partial charge in [0.05, 0.1) is 31.2 Å². The lowest BCUT2D eigenvalue weighted by Gasteiger charge is -2.28. The summed E-state index contributed by atoms with van der Waals surface area (Å²) in [5.74, 6) is 0.517. The van der Waals surface area contributed by atoms with E-state index in [2.05, 4.69) is 10.3 Å². The van der Waals surface area contributed by atoms with Gasteiger partial charge in [-0.2, -0.15) is 0 Å². The van der Waals surface area contributed by atoms with Crippen molar-refractivity contribution >= 4 is 11.7 Å². The van der Waals surface area contributed by atoms with E-state index in [4.69, 9.17) is 14.2 Å². The van der Waals surface area contributed by atoms with Crippen molar-refractivity contribution in [1.29, 1.82) is 0 Å². The fourth-order valence-electron chi connectivity index (χ4n) is 3.09. The number of nitrogens with zero attached hydrogens (tertiary/aromatic N) is 2. The molecule has 132 valence electrons. The van der Waals surface area contributed by atoms with E-state index in [0.717, 1.165) is 38.9 Å². The molecule has 0 saturated carbocycles. The summed E-state index contributed by atoms with van der Waals surface area (Å²) >= 11 is 0. The van der Waals surface area contributed by atoms with Crippen LogP contribution in [0.2, 0.25) is 0 Å². The van der Waals surface area contributed by atoms with Gasteiger partial charge in [0.1, 0.15) is 0 Å². The van der Waals surface area contributed by atoms with Crippen LogP contribution >= 0.6 is 0 Å². The molecule has 3 rings (SSSR count). The number of ether oxygens (including phenoxy) is 3. The molecule has 0 radical (unpaired) electrons. The molecule has 24 heavy (non-hydrogen) atoms. The summed E-state index contributed by atoms with van der Waals surface area (Å²) in [5, 5.41) is 2.90. The van der Waals surface area contributed by atoms with Crippen molar-refractivity contribution in [2.45, 2.75) is 37.9 Å². The summed E-state index contributed by atoms with van der Waals surface area (Å²) < 4.78 is 16.4. The molecule has 2 fully saturated rings. The van der Waals surface area contributed by atoms with Gasteiger partial charge in [-0.05, 0) is 31.7 Å². The Balaban J connectivity index is 1.61. The first-order valence-corrected chi connectivity index (χ1v) is 8.54. The Hall–Kier alpha value is -1.86. The highest BCUT2D eigenvalue weighted by molar-refractivity contribution is 5.89. The zero-order chi connectivity index (χ0) is 16.8. The van der Waals surface area contributed by atoms with Crippen LogP contribution in [-0.4, -0.2) is 61.5 Å². The smallest absolute Gasteiger partial charge is 0.322 e. The van der Waals surface area contributed by atoms with Crippen LogP contribution in [0.4, 0.5) is 10.5 Å². The minimum atomic E-state index is -0.145. The Morgan fingerprint density at radius 1 is 1.25 bits per heavy atom. The lowest BCUT2D eigenvalue weighted by atomic mass is 10.2. The maximum Gasteiger partial charge on any atom is 0.322 e. The van der Waals surface area contributed by atoms with Gasteiger partial charge in [-0.3, -0.25) is 0 Å². The molecule has 7 heteroatoms. The Morgan fingerprint density at radius 3 is 2.38 bits per heavy atom. The summed E-state index contributed by atoms with van der Waals surface area (Å²) in [6.45, 7) is 2.75. The third-order valence-corrected chi connectivity index (χ3v) is 4.38.